The summed E-state index contributed by atoms with van der Waals surface area (Å²) in [5.74, 6) is -0.312. The molecule has 6 heteroatoms. The molecule has 21 heavy (non-hydrogen) atoms. The second-order valence-corrected chi connectivity index (χ2v) is 5.20. The van der Waals surface area contributed by atoms with Crippen LogP contribution in [0.2, 0.25) is 0 Å². The molecule has 2 atom stereocenters. The molecular weight excluding hydrogens is 285 g/mol. The van der Waals surface area contributed by atoms with Crippen LogP contribution in [0, 0.1) is 0 Å². The zero-order chi connectivity index (χ0) is 15.3. The van der Waals surface area contributed by atoms with Crippen molar-refractivity contribution in [1.82, 2.24) is 0 Å². The summed E-state index contributed by atoms with van der Waals surface area (Å²) in [5.41, 5.74) is 0.424. The Morgan fingerprint density at radius 2 is 2.14 bits per heavy atom. The van der Waals surface area contributed by atoms with E-state index < -0.39 is 12.5 Å². The zero-order valence-corrected chi connectivity index (χ0v) is 11.6. The molecule has 0 aliphatic carbocycles. The van der Waals surface area contributed by atoms with E-state index in [1.165, 1.54) is 18.2 Å². The van der Waals surface area contributed by atoms with Crippen molar-refractivity contribution in [2.45, 2.75) is 50.7 Å². The van der Waals surface area contributed by atoms with Crippen molar-refractivity contribution in [3.8, 4) is 5.75 Å². The molecule has 3 nitrogen and oxygen atoms in total. The van der Waals surface area contributed by atoms with Crippen molar-refractivity contribution in [2.75, 3.05) is 6.61 Å². The summed E-state index contributed by atoms with van der Waals surface area (Å²) < 4.78 is 45.9. The van der Waals surface area contributed by atoms with Gasteiger partial charge in [0.15, 0.2) is 0 Å². The summed E-state index contributed by atoms with van der Waals surface area (Å²) in [6.07, 6.45) is -1.07. The topological polar surface area (TPSA) is 38.7 Å². The lowest BCUT2D eigenvalue weighted by Crippen LogP contribution is -2.19. The first-order chi connectivity index (χ1) is 9.94. The van der Waals surface area contributed by atoms with Crippen molar-refractivity contribution in [3.63, 3.8) is 0 Å². The number of aliphatic hydroxyl groups excluding tert-OH is 1. The Labute approximate surface area is 121 Å². The maximum absolute atomic E-state index is 12.2. The molecule has 2 unspecified atom stereocenters. The largest absolute Gasteiger partial charge is 0.573 e. The van der Waals surface area contributed by atoms with Crippen LogP contribution in [0.5, 0.6) is 5.75 Å². The molecular formula is C15H19F3O3. The summed E-state index contributed by atoms with van der Waals surface area (Å²) in [5, 5.41) is 10.1. The lowest BCUT2D eigenvalue weighted by atomic mass is 9.99. The third-order valence-electron chi connectivity index (χ3n) is 3.51. The lowest BCUT2D eigenvalue weighted by Gasteiger charge is -2.23. The van der Waals surface area contributed by atoms with Gasteiger partial charge in [0.1, 0.15) is 5.75 Å². The van der Waals surface area contributed by atoms with Gasteiger partial charge in [-0.05, 0) is 49.8 Å². The molecule has 118 valence electrons. The SMILES string of the molecule is OC(CCC1CCCCO1)c1cccc(OC(F)(F)F)c1. The molecule has 0 radical (unpaired) electrons. The Morgan fingerprint density at radius 3 is 2.81 bits per heavy atom. The maximum atomic E-state index is 12.2. The van der Waals surface area contributed by atoms with Crippen LogP contribution >= 0.6 is 0 Å². The van der Waals surface area contributed by atoms with Crippen molar-refractivity contribution < 1.29 is 27.8 Å². The van der Waals surface area contributed by atoms with Gasteiger partial charge < -0.3 is 14.6 Å². The highest BCUT2D eigenvalue weighted by Gasteiger charge is 2.31. The minimum absolute atomic E-state index is 0.142. The smallest absolute Gasteiger partial charge is 0.406 e. The zero-order valence-electron chi connectivity index (χ0n) is 11.6. The van der Waals surface area contributed by atoms with Gasteiger partial charge in [0.05, 0.1) is 12.2 Å². The predicted molar refractivity (Wildman–Crippen MR) is 70.9 cm³/mol. The summed E-state index contributed by atoms with van der Waals surface area (Å²) >= 11 is 0. The molecule has 0 amide bonds. The van der Waals surface area contributed by atoms with Gasteiger partial charge >= 0.3 is 6.36 Å². The number of rotatable bonds is 5. The molecule has 1 fully saturated rings. The molecule has 1 aliphatic rings. The van der Waals surface area contributed by atoms with Crippen LogP contribution in [0.4, 0.5) is 13.2 Å². The first kappa shape index (κ1) is 16.1. The second-order valence-electron chi connectivity index (χ2n) is 5.20. The van der Waals surface area contributed by atoms with E-state index in [2.05, 4.69) is 4.74 Å². The van der Waals surface area contributed by atoms with E-state index in [0.29, 0.717) is 18.4 Å². The number of hydrogen-bond donors (Lipinski definition) is 1. The minimum atomic E-state index is -4.72. The van der Waals surface area contributed by atoms with Crippen molar-refractivity contribution in [2.24, 2.45) is 0 Å². The van der Waals surface area contributed by atoms with E-state index in [0.717, 1.165) is 25.9 Å². The average molecular weight is 304 g/mol. The van der Waals surface area contributed by atoms with E-state index in [9.17, 15) is 18.3 Å². The Balaban J connectivity index is 1.89. The van der Waals surface area contributed by atoms with Crippen molar-refractivity contribution in [3.05, 3.63) is 29.8 Å². The standard InChI is InChI=1S/C15H19F3O3/c16-15(17,18)21-13-6-3-4-11(10-13)14(19)8-7-12-5-1-2-9-20-12/h3-4,6,10,12,14,19H,1-2,5,7-9H2. The number of hydrogen-bond acceptors (Lipinski definition) is 3. The number of aliphatic hydroxyl groups is 1. The van der Waals surface area contributed by atoms with Crippen molar-refractivity contribution in [1.29, 1.82) is 0 Å². The quantitative estimate of drug-likeness (QED) is 0.894. The Hall–Kier alpha value is -1.27. The van der Waals surface area contributed by atoms with Gasteiger partial charge in [-0.15, -0.1) is 13.2 Å². The molecule has 1 heterocycles. The number of benzene rings is 1. The minimum Gasteiger partial charge on any atom is -0.406 e. The second kappa shape index (κ2) is 7.13. The fourth-order valence-electron chi connectivity index (χ4n) is 2.46. The average Bonchev–Trinajstić information content (AvgIpc) is 2.44. The first-order valence-electron chi connectivity index (χ1n) is 7.09. The molecule has 2 rings (SSSR count). The van der Waals surface area contributed by atoms with Gasteiger partial charge in [-0.25, -0.2) is 0 Å². The Morgan fingerprint density at radius 1 is 1.33 bits per heavy atom. The normalized spacial score (nSPS) is 21.0. The predicted octanol–water partition coefficient (Wildman–Crippen LogP) is 3.97. The van der Waals surface area contributed by atoms with Gasteiger partial charge in [0.25, 0.3) is 0 Å². The van der Waals surface area contributed by atoms with E-state index in [4.69, 9.17) is 4.74 Å². The Bertz CT molecular complexity index is 442. The molecule has 0 bridgehead atoms. The van der Waals surface area contributed by atoms with E-state index in [1.54, 1.807) is 6.07 Å². The maximum Gasteiger partial charge on any atom is 0.573 e. The highest BCUT2D eigenvalue weighted by molar-refractivity contribution is 5.30. The highest BCUT2D eigenvalue weighted by Crippen LogP contribution is 2.28. The molecule has 1 aromatic rings. The van der Waals surface area contributed by atoms with Gasteiger partial charge in [-0.2, -0.15) is 0 Å². The number of ether oxygens (including phenoxy) is 2. The fourth-order valence-corrected chi connectivity index (χ4v) is 2.46. The molecule has 0 saturated carbocycles. The van der Waals surface area contributed by atoms with E-state index in [-0.39, 0.29) is 11.9 Å². The van der Waals surface area contributed by atoms with Crippen LogP contribution in [0.15, 0.2) is 24.3 Å². The van der Waals surface area contributed by atoms with Gasteiger partial charge in [0.2, 0.25) is 0 Å². The monoisotopic (exact) mass is 304 g/mol. The van der Waals surface area contributed by atoms with Gasteiger partial charge in [0, 0.05) is 6.61 Å². The van der Waals surface area contributed by atoms with Crippen LogP contribution in [0.25, 0.3) is 0 Å². The van der Waals surface area contributed by atoms with Crippen LogP contribution in [0.1, 0.15) is 43.8 Å². The van der Waals surface area contributed by atoms with Crippen molar-refractivity contribution >= 4 is 0 Å². The molecule has 1 saturated heterocycles. The molecule has 0 spiro atoms. The van der Waals surface area contributed by atoms with Crippen LogP contribution in [-0.4, -0.2) is 24.2 Å². The molecule has 0 aromatic heterocycles. The first-order valence-corrected chi connectivity index (χ1v) is 7.09. The third-order valence-corrected chi connectivity index (χ3v) is 3.51. The van der Waals surface area contributed by atoms with Gasteiger partial charge in [-0.3, -0.25) is 0 Å². The summed E-state index contributed by atoms with van der Waals surface area (Å²) in [6.45, 7) is 0.746. The number of alkyl halides is 3. The number of halogens is 3. The van der Waals surface area contributed by atoms with Crippen LogP contribution in [0.3, 0.4) is 0 Å². The summed E-state index contributed by atoms with van der Waals surface area (Å²) in [6, 6.07) is 5.47. The highest BCUT2D eigenvalue weighted by atomic mass is 19.4. The van der Waals surface area contributed by atoms with E-state index in [1.807, 2.05) is 0 Å². The van der Waals surface area contributed by atoms with Crippen LogP contribution < -0.4 is 4.74 Å². The fraction of sp³-hybridized carbons (Fsp3) is 0.600. The van der Waals surface area contributed by atoms with E-state index >= 15 is 0 Å². The summed E-state index contributed by atoms with van der Waals surface area (Å²) in [7, 11) is 0. The third kappa shape index (κ3) is 5.55. The molecule has 1 N–H and O–H groups in total. The van der Waals surface area contributed by atoms with Gasteiger partial charge in [-0.1, -0.05) is 12.1 Å². The lowest BCUT2D eigenvalue weighted by molar-refractivity contribution is -0.274. The molecule has 1 aromatic carbocycles. The Kier molecular flexibility index (Phi) is 5.47. The molecule has 1 aliphatic heterocycles. The summed E-state index contributed by atoms with van der Waals surface area (Å²) in [4.78, 5) is 0. The van der Waals surface area contributed by atoms with Crippen LogP contribution in [-0.2, 0) is 4.74 Å².